The number of urea groups is 1. The van der Waals surface area contributed by atoms with Crippen molar-refractivity contribution < 1.29 is 19.4 Å². The standard InChI is InChI=1S/C12H20N2O4/c15-11(16)10-5-3-6-14(10)12(17)13-8-9-4-1-2-7-18-9/h9-10H,1-8H2,(H,13,17)(H,15,16)/t9?,10-/m0/s1. The highest BCUT2D eigenvalue weighted by Crippen LogP contribution is 2.17. The maximum atomic E-state index is 11.9. The molecule has 2 fully saturated rings. The SMILES string of the molecule is O=C(O)[C@@H]1CCCN1C(=O)NCC1CCCCO1. The average molecular weight is 256 g/mol. The molecule has 2 amide bonds. The molecule has 2 N–H and O–H groups in total. The van der Waals surface area contributed by atoms with Gasteiger partial charge in [-0.3, -0.25) is 0 Å². The van der Waals surface area contributed by atoms with Crippen molar-refractivity contribution in [1.82, 2.24) is 10.2 Å². The lowest BCUT2D eigenvalue weighted by molar-refractivity contribution is -0.141. The van der Waals surface area contributed by atoms with Gasteiger partial charge in [-0.25, -0.2) is 9.59 Å². The number of carbonyl (C=O) groups is 2. The Hall–Kier alpha value is -1.30. The molecule has 2 aliphatic rings. The summed E-state index contributed by atoms with van der Waals surface area (Å²) >= 11 is 0. The van der Waals surface area contributed by atoms with E-state index >= 15 is 0 Å². The Labute approximate surface area is 106 Å². The highest BCUT2D eigenvalue weighted by atomic mass is 16.5. The molecule has 0 spiro atoms. The quantitative estimate of drug-likeness (QED) is 0.783. The van der Waals surface area contributed by atoms with Crippen LogP contribution in [-0.4, -0.2) is 53.8 Å². The first-order valence-corrected chi connectivity index (χ1v) is 6.57. The predicted octanol–water partition coefficient (Wildman–Crippen LogP) is 0.814. The first-order valence-electron chi connectivity index (χ1n) is 6.57. The fourth-order valence-electron chi connectivity index (χ4n) is 2.54. The van der Waals surface area contributed by atoms with Crippen molar-refractivity contribution >= 4 is 12.0 Å². The Bertz CT molecular complexity index is 315. The number of hydrogen-bond acceptors (Lipinski definition) is 3. The first kappa shape index (κ1) is 13.1. The molecule has 0 saturated carbocycles. The van der Waals surface area contributed by atoms with Crippen molar-refractivity contribution in [3.05, 3.63) is 0 Å². The smallest absolute Gasteiger partial charge is 0.326 e. The van der Waals surface area contributed by atoms with Gasteiger partial charge in [-0.2, -0.15) is 0 Å². The second-order valence-electron chi connectivity index (χ2n) is 4.86. The summed E-state index contributed by atoms with van der Waals surface area (Å²) in [5.41, 5.74) is 0. The lowest BCUT2D eigenvalue weighted by atomic mass is 10.1. The number of carboxylic acid groups (broad SMARTS) is 1. The van der Waals surface area contributed by atoms with Crippen LogP contribution in [0.3, 0.4) is 0 Å². The van der Waals surface area contributed by atoms with Crippen molar-refractivity contribution in [1.29, 1.82) is 0 Å². The van der Waals surface area contributed by atoms with Gasteiger partial charge in [-0.05, 0) is 32.1 Å². The Balaban J connectivity index is 1.78. The first-order chi connectivity index (χ1) is 8.68. The lowest BCUT2D eigenvalue weighted by Crippen LogP contribution is -2.48. The summed E-state index contributed by atoms with van der Waals surface area (Å²) in [6.07, 6.45) is 4.54. The minimum Gasteiger partial charge on any atom is -0.480 e. The molecule has 0 radical (unpaired) electrons. The molecular formula is C12H20N2O4. The van der Waals surface area contributed by atoms with Crippen LogP contribution in [0.25, 0.3) is 0 Å². The van der Waals surface area contributed by atoms with Crippen LogP contribution in [0.5, 0.6) is 0 Å². The Morgan fingerprint density at radius 3 is 2.78 bits per heavy atom. The van der Waals surface area contributed by atoms with Gasteiger partial charge >= 0.3 is 12.0 Å². The number of carboxylic acids is 1. The lowest BCUT2D eigenvalue weighted by Gasteiger charge is -2.26. The van der Waals surface area contributed by atoms with Crippen LogP contribution in [0.4, 0.5) is 4.79 Å². The maximum absolute atomic E-state index is 11.9. The molecule has 2 heterocycles. The van der Waals surface area contributed by atoms with Crippen LogP contribution >= 0.6 is 0 Å². The summed E-state index contributed by atoms with van der Waals surface area (Å²) in [5.74, 6) is -0.920. The van der Waals surface area contributed by atoms with Crippen molar-refractivity contribution in [2.24, 2.45) is 0 Å². The molecule has 102 valence electrons. The molecule has 0 bridgehead atoms. The molecule has 6 heteroatoms. The van der Waals surface area contributed by atoms with Crippen LogP contribution in [0, 0.1) is 0 Å². The van der Waals surface area contributed by atoms with E-state index in [1.54, 1.807) is 0 Å². The summed E-state index contributed by atoms with van der Waals surface area (Å²) in [5, 5.41) is 11.8. The minimum absolute atomic E-state index is 0.0774. The number of nitrogens with one attached hydrogen (secondary N) is 1. The molecule has 2 atom stereocenters. The van der Waals surface area contributed by atoms with E-state index in [1.165, 1.54) is 4.90 Å². The average Bonchev–Trinajstić information content (AvgIpc) is 2.86. The largest absolute Gasteiger partial charge is 0.480 e. The number of nitrogens with zero attached hydrogens (tertiary/aromatic N) is 1. The molecule has 18 heavy (non-hydrogen) atoms. The number of likely N-dealkylation sites (tertiary alicyclic amines) is 1. The van der Waals surface area contributed by atoms with E-state index in [0.717, 1.165) is 32.3 Å². The third kappa shape index (κ3) is 3.13. The Kier molecular flexibility index (Phi) is 4.41. The van der Waals surface area contributed by atoms with Gasteiger partial charge in [0.05, 0.1) is 6.10 Å². The molecule has 2 rings (SSSR count). The zero-order valence-corrected chi connectivity index (χ0v) is 10.4. The van der Waals surface area contributed by atoms with E-state index in [4.69, 9.17) is 9.84 Å². The van der Waals surface area contributed by atoms with E-state index < -0.39 is 12.0 Å². The number of rotatable bonds is 3. The Morgan fingerprint density at radius 2 is 2.11 bits per heavy atom. The molecule has 0 aromatic heterocycles. The van der Waals surface area contributed by atoms with E-state index in [1.807, 2.05) is 0 Å². The molecule has 2 aliphatic heterocycles. The number of hydrogen-bond donors (Lipinski definition) is 2. The summed E-state index contributed by atoms with van der Waals surface area (Å²) in [6.45, 7) is 1.75. The zero-order valence-electron chi connectivity index (χ0n) is 10.4. The van der Waals surface area contributed by atoms with E-state index in [2.05, 4.69) is 5.32 Å². The second kappa shape index (κ2) is 6.04. The van der Waals surface area contributed by atoms with Gasteiger partial charge in [0.1, 0.15) is 6.04 Å². The number of ether oxygens (including phenoxy) is 1. The summed E-state index contributed by atoms with van der Waals surface area (Å²) < 4.78 is 5.52. The molecule has 0 aromatic rings. The molecular weight excluding hydrogens is 236 g/mol. The van der Waals surface area contributed by atoms with Gasteiger partial charge in [-0.1, -0.05) is 0 Å². The molecule has 0 aliphatic carbocycles. The highest BCUT2D eigenvalue weighted by Gasteiger charge is 2.34. The van der Waals surface area contributed by atoms with Crippen LogP contribution < -0.4 is 5.32 Å². The van der Waals surface area contributed by atoms with Crippen molar-refractivity contribution in [3.63, 3.8) is 0 Å². The van der Waals surface area contributed by atoms with Crippen LogP contribution in [0.15, 0.2) is 0 Å². The van der Waals surface area contributed by atoms with E-state index in [0.29, 0.717) is 19.5 Å². The van der Waals surface area contributed by atoms with Crippen LogP contribution in [0.1, 0.15) is 32.1 Å². The fraction of sp³-hybridized carbons (Fsp3) is 0.833. The van der Waals surface area contributed by atoms with Gasteiger partial charge in [0.15, 0.2) is 0 Å². The Morgan fingerprint density at radius 1 is 1.28 bits per heavy atom. The highest BCUT2D eigenvalue weighted by molar-refractivity contribution is 5.83. The minimum atomic E-state index is -0.920. The van der Waals surface area contributed by atoms with Gasteiger partial charge in [0, 0.05) is 19.7 Å². The fourth-order valence-corrected chi connectivity index (χ4v) is 2.54. The number of amides is 2. The van der Waals surface area contributed by atoms with Crippen LogP contribution in [0.2, 0.25) is 0 Å². The van der Waals surface area contributed by atoms with Gasteiger partial charge < -0.3 is 20.1 Å². The van der Waals surface area contributed by atoms with E-state index in [9.17, 15) is 9.59 Å². The number of aliphatic carboxylic acids is 1. The molecule has 6 nitrogen and oxygen atoms in total. The monoisotopic (exact) mass is 256 g/mol. The predicted molar refractivity (Wildman–Crippen MR) is 64.4 cm³/mol. The van der Waals surface area contributed by atoms with Crippen molar-refractivity contribution in [2.45, 2.75) is 44.2 Å². The van der Waals surface area contributed by atoms with Gasteiger partial charge in [0.2, 0.25) is 0 Å². The molecule has 1 unspecified atom stereocenters. The third-order valence-corrected chi connectivity index (χ3v) is 3.55. The summed E-state index contributed by atoms with van der Waals surface area (Å²) in [6, 6.07) is -0.952. The second-order valence-corrected chi connectivity index (χ2v) is 4.86. The van der Waals surface area contributed by atoms with E-state index in [-0.39, 0.29) is 12.1 Å². The molecule has 2 saturated heterocycles. The van der Waals surface area contributed by atoms with Crippen LogP contribution in [-0.2, 0) is 9.53 Å². The summed E-state index contributed by atoms with van der Waals surface area (Å²) in [7, 11) is 0. The van der Waals surface area contributed by atoms with Gasteiger partial charge in [-0.15, -0.1) is 0 Å². The zero-order chi connectivity index (χ0) is 13.0. The number of carbonyl (C=O) groups excluding carboxylic acids is 1. The third-order valence-electron chi connectivity index (χ3n) is 3.55. The topological polar surface area (TPSA) is 78.9 Å². The van der Waals surface area contributed by atoms with Crippen molar-refractivity contribution in [3.8, 4) is 0 Å². The normalized spacial score (nSPS) is 28.1. The summed E-state index contributed by atoms with van der Waals surface area (Å²) in [4.78, 5) is 24.3. The maximum Gasteiger partial charge on any atom is 0.326 e. The molecule has 0 aromatic carbocycles. The van der Waals surface area contributed by atoms with Crippen molar-refractivity contribution in [2.75, 3.05) is 19.7 Å². The van der Waals surface area contributed by atoms with Gasteiger partial charge in [0.25, 0.3) is 0 Å².